The summed E-state index contributed by atoms with van der Waals surface area (Å²) < 4.78 is 0. The van der Waals surface area contributed by atoms with Gasteiger partial charge in [-0.15, -0.1) is 0 Å². The van der Waals surface area contributed by atoms with Gasteiger partial charge in [-0.25, -0.2) is 5.01 Å². The molecule has 0 unspecified atom stereocenters. The van der Waals surface area contributed by atoms with E-state index in [1.807, 2.05) is 12.2 Å². The summed E-state index contributed by atoms with van der Waals surface area (Å²) in [4.78, 5) is 64.4. The zero-order valence-electron chi connectivity index (χ0n) is 18.5. The molecule has 5 atom stereocenters. The summed E-state index contributed by atoms with van der Waals surface area (Å²) in [5.74, 6) is -3.58. The number of nitrogens with zero attached hydrogens (tertiary/aromatic N) is 3. The van der Waals surface area contributed by atoms with E-state index in [1.54, 1.807) is 0 Å². The number of hydrogen-bond donors (Lipinski definition) is 0. The van der Waals surface area contributed by atoms with Gasteiger partial charge in [-0.3, -0.25) is 29.3 Å². The second kappa shape index (κ2) is 8.42. The number of ketones is 1. The van der Waals surface area contributed by atoms with Crippen molar-refractivity contribution in [2.45, 2.75) is 19.4 Å². The summed E-state index contributed by atoms with van der Waals surface area (Å²) in [7, 11) is 0. The number of imide groups is 1. The number of hydrogen-bond acceptors (Lipinski definition) is 6. The molecule has 0 radical (unpaired) electrons. The normalized spacial score (nSPS) is 25.0. The first kappa shape index (κ1) is 22.9. The highest BCUT2D eigenvalue weighted by molar-refractivity contribution is 6.30. The lowest BCUT2D eigenvalue weighted by atomic mass is 9.85. The van der Waals surface area contributed by atoms with E-state index in [4.69, 9.17) is 11.6 Å². The Balaban J connectivity index is 1.54. The van der Waals surface area contributed by atoms with Crippen molar-refractivity contribution in [2.24, 2.45) is 23.7 Å². The summed E-state index contributed by atoms with van der Waals surface area (Å²) in [5, 5.41) is 13.2. The fourth-order valence-electron chi connectivity index (χ4n) is 5.36. The van der Waals surface area contributed by atoms with Crippen LogP contribution in [0.5, 0.6) is 0 Å². The summed E-state index contributed by atoms with van der Waals surface area (Å²) in [6, 6.07) is 9.65. The van der Waals surface area contributed by atoms with Crippen LogP contribution in [0.25, 0.3) is 0 Å². The van der Waals surface area contributed by atoms with Crippen LogP contribution in [0, 0.1) is 33.8 Å². The number of allylic oxidation sites excluding steroid dienone is 2. The summed E-state index contributed by atoms with van der Waals surface area (Å²) in [6.45, 7) is 1.45. The number of benzene rings is 2. The Morgan fingerprint density at radius 2 is 1.49 bits per heavy atom. The number of nitro benzene ring substituents is 1. The van der Waals surface area contributed by atoms with Crippen molar-refractivity contribution in [2.75, 3.05) is 0 Å². The Morgan fingerprint density at radius 3 is 2.00 bits per heavy atom. The summed E-state index contributed by atoms with van der Waals surface area (Å²) in [6.07, 6.45) is 4.59. The lowest BCUT2D eigenvalue weighted by Crippen LogP contribution is -2.56. The van der Waals surface area contributed by atoms with E-state index in [1.165, 1.54) is 43.3 Å². The molecule has 2 aromatic carbocycles. The van der Waals surface area contributed by atoms with Crippen molar-refractivity contribution < 1.29 is 24.1 Å². The lowest BCUT2D eigenvalue weighted by molar-refractivity contribution is -0.384. The number of nitro groups is 1. The predicted molar refractivity (Wildman–Crippen MR) is 124 cm³/mol. The molecule has 3 aliphatic rings. The Bertz CT molecular complexity index is 1260. The maximum atomic E-state index is 13.7. The quantitative estimate of drug-likeness (QED) is 0.199. The molecule has 35 heavy (non-hydrogen) atoms. The molecule has 1 saturated heterocycles. The molecule has 178 valence electrons. The number of halogens is 1. The van der Waals surface area contributed by atoms with Crippen LogP contribution in [0.3, 0.4) is 0 Å². The molecule has 1 aliphatic heterocycles. The molecule has 1 heterocycles. The van der Waals surface area contributed by atoms with Crippen molar-refractivity contribution >= 4 is 40.8 Å². The minimum absolute atomic E-state index is 0.00473. The highest BCUT2D eigenvalue weighted by Gasteiger charge is 2.61. The fraction of sp³-hybridized carbons (Fsp3) is 0.280. The van der Waals surface area contributed by atoms with E-state index >= 15 is 0 Å². The molecule has 2 aromatic rings. The maximum absolute atomic E-state index is 13.7. The van der Waals surface area contributed by atoms with E-state index in [-0.39, 0.29) is 28.7 Å². The molecule has 0 aromatic heterocycles. The lowest BCUT2D eigenvalue weighted by Gasteiger charge is -2.35. The van der Waals surface area contributed by atoms with Gasteiger partial charge in [-0.1, -0.05) is 23.8 Å². The van der Waals surface area contributed by atoms with Crippen LogP contribution in [-0.4, -0.2) is 44.5 Å². The molecule has 10 heteroatoms. The van der Waals surface area contributed by atoms with Gasteiger partial charge in [0.2, 0.25) is 0 Å². The smallest absolute Gasteiger partial charge is 0.273 e. The standard InChI is InChI=1S/C25H20ClN3O6/c1-13(22(30)14-4-8-18(26)9-5-14)27(23(31)15-6-10-19(11-7-15)29(34)35)28-24(32)20-16-2-3-17(12-16)21(20)25(28)33/h2-11,13,16-17,20-21H,12H2,1H3/t13-,16+,17+,20-,21-/m1/s1. The van der Waals surface area contributed by atoms with E-state index in [9.17, 15) is 29.3 Å². The first-order valence-corrected chi connectivity index (χ1v) is 11.5. The van der Waals surface area contributed by atoms with Crippen LogP contribution >= 0.6 is 11.6 Å². The van der Waals surface area contributed by atoms with Crippen LogP contribution in [0.15, 0.2) is 60.7 Å². The van der Waals surface area contributed by atoms with Gasteiger partial charge in [0.1, 0.15) is 6.04 Å². The minimum Gasteiger partial charge on any atom is -0.292 e. The van der Waals surface area contributed by atoms with Crippen molar-refractivity contribution in [3.8, 4) is 0 Å². The van der Waals surface area contributed by atoms with Crippen LogP contribution in [0.4, 0.5) is 5.69 Å². The predicted octanol–water partition coefficient (Wildman–Crippen LogP) is 3.68. The van der Waals surface area contributed by atoms with Gasteiger partial charge in [-0.05, 0) is 61.6 Å². The third-order valence-corrected chi connectivity index (χ3v) is 7.32. The minimum atomic E-state index is -1.21. The monoisotopic (exact) mass is 493 g/mol. The van der Waals surface area contributed by atoms with Crippen LogP contribution in [0.2, 0.25) is 5.02 Å². The average molecular weight is 494 g/mol. The Morgan fingerprint density at radius 1 is 0.971 bits per heavy atom. The largest absolute Gasteiger partial charge is 0.292 e. The van der Waals surface area contributed by atoms with Crippen molar-refractivity contribution in [3.05, 3.63) is 86.9 Å². The number of fused-ring (bicyclic) bond motifs is 5. The second-order valence-electron chi connectivity index (χ2n) is 8.99. The van der Waals surface area contributed by atoms with Crippen molar-refractivity contribution in [3.63, 3.8) is 0 Å². The zero-order chi connectivity index (χ0) is 25.0. The van der Waals surface area contributed by atoms with Gasteiger partial charge in [0, 0.05) is 28.3 Å². The number of non-ortho nitro benzene ring substituents is 1. The van der Waals surface area contributed by atoms with Crippen molar-refractivity contribution in [1.29, 1.82) is 0 Å². The third kappa shape index (κ3) is 3.63. The van der Waals surface area contributed by atoms with Crippen LogP contribution in [-0.2, 0) is 9.59 Å². The highest BCUT2D eigenvalue weighted by atomic mass is 35.5. The highest BCUT2D eigenvalue weighted by Crippen LogP contribution is 2.53. The Labute approximate surface area is 205 Å². The van der Waals surface area contributed by atoms with Gasteiger partial charge < -0.3 is 0 Å². The number of hydrazine groups is 1. The molecule has 5 rings (SSSR count). The molecule has 9 nitrogen and oxygen atoms in total. The van der Waals surface area contributed by atoms with Gasteiger partial charge >= 0.3 is 0 Å². The van der Waals surface area contributed by atoms with Crippen molar-refractivity contribution in [1.82, 2.24) is 10.0 Å². The molecule has 2 bridgehead atoms. The first-order valence-electron chi connectivity index (χ1n) is 11.1. The zero-order valence-corrected chi connectivity index (χ0v) is 19.3. The molecular weight excluding hydrogens is 474 g/mol. The molecule has 2 aliphatic carbocycles. The number of amides is 3. The summed E-state index contributed by atoms with van der Waals surface area (Å²) >= 11 is 5.93. The number of rotatable bonds is 6. The van der Waals surface area contributed by atoms with Gasteiger partial charge in [-0.2, -0.15) is 5.01 Å². The van der Waals surface area contributed by atoms with Gasteiger partial charge in [0.25, 0.3) is 23.4 Å². The molecule has 0 spiro atoms. The first-order chi connectivity index (χ1) is 16.7. The SMILES string of the molecule is C[C@H](C(=O)c1ccc(Cl)cc1)N(C(=O)c1ccc([N+](=O)[O-])cc1)N1C(=O)[C@H]2[C@H](C1=O)[C@H]1C=C[C@H]2C1. The maximum Gasteiger partial charge on any atom is 0.273 e. The molecular formula is C25H20ClN3O6. The third-order valence-electron chi connectivity index (χ3n) is 7.07. The van der Waals surface area contributed by atoms with E-state index in [0.29, 0.717) is 5.02 Å². The average Bonchev–Trinajstić information content (AvgIpc) is 3.54. The van der Waals surface area contributed by atoms with Crippen LogP contribution < -0.4 is 0 Å². The van der Waals surface area contributed by atoms with Gasteiger partial charge in [0.05, 0.1) is 16.8 Å². The number of Topliss-reactive ketones (excluding diaryl/α,β-unsaturated/α-hetero) is 1. The molecule has 1 saturated carbocycles. The van der Waals surface area contributed by atoms with Gasteiger partial charge in [0.15, 0.2) is 5.78 Å². The fourth-order valence-corrected chi connectivity index (χ4v) is 5.49. The number of carbonyl (C=O) groups excluding carboxylic acids is 4. The van der Waals surface area contributed by atoms with Crippen LogP contribution in [0.1, 0.15) is 34.1 Å². The Kier molecular flexibility index (Phi) is 5.52. The van der Waals surface area contributed by atoms with E-state index in [2.05, 4.69) is 0 Å². The van der Waals surface area contributed by atoms with E-state index < -0.39 is 46.3 Å². The number of carbonyl (C=O) groups is 4. The molecule has 3 amide bonds. The molecule has 2 fully saturated rings. The Hall–Kier alpha value is -3.85. The van der Waals surface area contributed by atoms with E-state index in [0.717, 1.165) is 28.6 Å². The topological polar surface area (TPSA) is 118 Å². The summed E-state index contributed by atoms with van der Waals surface area (Å²) in [5.41, 5.74) is 0.0402. The second-order valence-corrected chi connectivity index (χ2v) is 9.43. The molecule has 0 N–H and O–H groups in total.